The maximum Gasteiger partial charge on any atom is 0.327 e. The zero-order chi connectivity index (χ0) is 14.7. The van der Waals surface area contributed by atoms with Crippen LogP contribution in [-0.4, -0.2) is 53.9 Å². The lowest BCUT2D eigenvalue weighted by atomic mass is 10.7. The van der Waals surface area contributed by atoms with Gasteiger partial charge in [0.2, 0.25) is 0 Å². The Kier molecular flexibility index (Phi) is 10.3. The fourth-order valence-corrected chi connectivity index (χ4v) is 11.5. The number of rotatable bonds is 6. The van der Waals surface area contributed by atoms with Crippen LogP contribution < -0.4 is 0 Å². The van der Waals surface area contributed by atoms with Gasteiger partial charge in [0.1, 0.15) is 0 Å². The summed E-state index contributed by atoms with van der Waals surface area (Å²) in [7, 11) is 1.55. The first-order chi connectivity index (χ1) is 8.99. The van der Waals surface area contributed by atoms with Crippen LogP contribution in [0.15, 0.2) is 38.0 Å². The van der Waals surface area contributed by atoms with Gasteiger partial charge in [-0.15, -0.1) is 19.7 Å². The zero-order valence-electron chi connectivity index (χ0n) is 12.4. The van der Waals surface area contributed by atoms with Gasteiger partial charge >= 0.3 is 17.8 Å². The Morgan fingerprint density at radius 3 is 2.05 bits per heavy atom. The van der Waals surface area contributed by atoms with E-state index < -0.39 is 27.9 Å². The minimum atomic E-state index is -2.07. The summed E-state index contributed by atoms with van der Waals surface area (Å²) < 4.78 is 17.5. The zero-order valence-corrected chi connectivity index (χ0v) is 16.0. The van der Waals surface area contributed by atoms with E-state index in [1.54, 1.807) is 0 Å². The highest BCUT2D eigenvalue weighted by atomic mass is 28.5. The summed E-state index contributed by atoms with van der Waals surface area (Å²) in [5.74, 6) is 0. The molecule has 1 rings (SSSR count). The van der Waals surface area contributed by atoms with Gasteiger partial charge in [0.15, 0.2) is 0 Å². The molecule has 1 fully saturated rings. The van der Waals surface area contributed by atoms with Crippen LogP contribution in [0.1, 0.15) is 0 Å². The molecule has 19 heavy (non-hydrogen) atoms. The molecule has 0 aliphatic carbocycles. The second-order valence-corrected chi connectivity index (χ2v) is 12.4. The lowest BCUT2D eigenvalue weighted by Gasteiger charge is -2.37. The Bertz CT molecular complexity index is 275. The maximum atomic E-state index is 6.05. The van der Waals surface area contributed by atoms with Crippen molar-refractivity contribution in [2.24, 2.45) is 0 Å². The highest BCUT2D eigenvalue weighted by molar-refractivity contribution is 6.80. The van der Waals surface area contributed by atoms with Gasteiger partial charge in [-0.2, -0.15) is 0 Å². The first kappa shape index (κ1) is 18.7. The van der Waals surface area contributed by atoms with Crippen LogP contribution in [0.2, 0.25) is 18.1 Å². The summed E-state index contributed by atoms with van der Waals surface area (Å²) in [6.07, 6.45) is 5.64. The molecule has 1 aliphatic heterocycles. The molecule has 0 aromatic rings. The molecule has 1 heterocycles. The van der Waals surface area contributed by atoms with Crippen molar-refractivity contribution in [1.29, 1.82) is 0 Å². The molecule has 1 aliphatic rings. The van der Waals surface area contributed by atoms with Gasteiger partial charge in [-0.25, -0.2) is 0 Å². The van der Waals surface area contributed by atoms with Crippen molar-refractivity contribution < 1.29 is 12.3 Å². The van der Waals surface area contributed by atoms with Crippen LogP contribution in [-0.2, 0) is 12.3 Å². The SMILES string of the molecule is C=CC[SiH]1O[SiH2]O[Si](CC=C)(CC=C)O1.CN(C)C. The van der Waals surface area contributed by atoms with E-state index >= 15 is 0 Å². The monoisotopic (exact) mass is 317 g/mol. The van der Waals surface area contributed by atoms with Crippen molar-refractivity contribution in [2.75, 3.05) is 21.1 Å². The molecule has 0 bridgehead atoms. The molecule has 1 unspecified atom stereocenters. The first-order valence-corrected chi connectivity index (χ1v) is 11.5. The largest absolute Gasteiger partial charge is 0.422 e. The van der Waals surface area contributed by atoms with Gasteiger partial charge in [0, 0.05) is 18.1 Å². The van der Waals surface area contributed by atoms with Crippen molar-refractivity contribution in [1.82, 2.24) is 4.90 Å². The Balaban J connectivity index is 0.000000711. The standard InChI is InChI=1S/C9H18O3Si3.C3H9N/c1-4-7-14-10-13-11-15(12-14,8-5-2)9-6-3;1-4(2)3/h4-6,14H,1-3,7-9,13H2;1-3H3. The van der Waals surface area contributed by atoms with Crippen molar-refractivity contribution in [3.8, 4) is 0 Å². The van der Waals surface area contributed by atoms with Crippen LogP contribution in [0.5, 0.6) is 0 Å². The number of hydrogen-bond donors (Lipinski definition) is 0. The first-order valence-electron chi connectivity index (χ1n) is 6.36. The van der Waals surface area contributed by atoms with E-state index in [-0.39, 0.29) is 0 Å². The van der Waals surface area contributed by atoms with Gasteiger partial charge in [-0.3, -0.25) is 0 Å². The normalized spacial score (nSPS) is 22.4. The summed E-state index contributed by atoms with van der Waals surface area (Å²) in [6.45, 7) is 11.2. The van der Waals surface area contributed by atoms with E-state index in [4.69, 9.17) is 12.3 Å². The second-order valence-electron chi connectivity index (χ2n) is 4.74. The predicted molar refractivity (Wildman–Crippen MR) is 89.3 cm³/mol. The van der Waals surface area contributed by atoms with E-state index in [9.17, 15) is 0 Å². The molecule has 1 saturated heterocycles. The van der Waals surface area contributed by atoms with Gasteiger partial charge in [-0.1, -0.05) is 18.2 Å². The Labute approximate surface area is 122 Å². The smallest absolute Gasteiger partial charge is 0.327 e. The van der Waals surface area contributed by atoms with Gasteiger partial charge < -0.3 is 17.2 Å². The molecule has 1 atom stereocenters. The van der Waals surface area contributed by atoms with E-state index in [2.05, 4.69) is 19.7 Å². The van der Waals surface area contributed by atoms with Gasteiger partial charge in [0.05, 0.1) is 0 Å². The van der Waals surface area contributed by atoms with Gasteiger partial charge in [0.25, 0.3) is 10.0 Å². The van der Waals surface area contributed by atoms with Crippen LogP contribution in [0.3, 0.4) is 0 Å². The summed E-state index contributed by atoms with van der Waals surface area (Å²) >= 11 is 0. The summed E-state index contributed by atoms with van der Waals surface area (Å²) in [5.41, 5.74) is 0. The molecular formula is C12H27NO3Si3. The highest BCUT2D eigenvalue weighted by Crippen LogP contribution is 2.25. The lowest BCUT2D eigenvalue weighted by Crippen LogP contribution is -2.53. The third-order valence-electron chi connectivity index (χ3n) is 2.19. The third-order valence-corrected chi connectivity index (χ3v) is 12.1. The minimum absolute atomic E-state index is 0.829. The van der Waals surface area contributed by atoms with E-state index in [1.165, 1.54) is 0 Å². The summed E-state index contributed by atoms with van der Waals surface area (Å²) in [5, 5.41) is 0. The Hall–Kier alpha value is -0.289. The van der Waals surface area contributed by atoms with Gasteiger partial charge in [-0.05, 0) is 21.1 Å². The Morgan fingerprint density at radius 1 is 1.11 bits per heavy atom. The lowest BCUT2D eigenvalue weighted by molar-refractivity contribution is 0.280. The molecule has 0 spiro atoms. The highest BCUT2D eigenvalue weighted by Gasteiger charge is 2.41. The summed E-state index contributed by atoms with van der Waals surface area (Å²) in [4.78, 5) is 2.00. The number of hydrogen-bond acceptors (Lipinski definition) is 4. The van der Waals surface area contributed by atoms with E-state index in [1.807, 2.05) is 44.3 Å². The number of nitrogens with zero attached hydrogens (tertiary/aromatic N) is 1. The molecule has 7 heteroatoms. The average molecular weight is 318 g/mol. The fraction of sp³-hybridized carbons (Fsp3) is 0.500. The van der Waals surface area contributed by atoms with Crippen molar-refractivity contribution in [2.45, 2.75) is 18.1 Å². The van der Waals surface area contributed by atoms with E-state index in [0.717, 1.165) is 18.1 Å². The second kappa shape index (κ2) is 10.5. The van der Waals surface area contributed by atoms with Crippen LogP contribution >= 0.6 is 0 Å². The molecule has 0 radical (unpaired) electrons. The molecule has 0 aromatic heterocycles. The third kappa shape index (κ3) is 8.48. The van der Waals surface area contributed by atoms with Crippen molar-refractivity contribution >= 4 is 27.9 Å². The van der Waals surface area contributed by atoms with Crippen molar-refractivity contribution in [3.63, 3.8) is 0 Å². The molecular weight excluding hydrogens is 290 g/mol. The fourth-order valence-electron chi connectivity index (χ4n) is 1.51. The average Bonchev–Trinajstić information content (AvgIpc) is 2.29. The minimum Gasteiger partial charge on any atom is -0.422 e. The Morgan fingerprint density at radius 2 is 1.63 bits per heavy atom. The van der Waals surface area contributed by atoms with Crippen LogP contribution in [0.4, 0.5) is 0 Å². The number of allylic oxidation sites excluding steroid dienone is 3. The topological polar surface area (TPSA) is 30.9 Å². The maximum absolute atomic E-state index is 6.05. The predicted octanol–water partition coefficient (Wildman–Crippen LogP) is 1.45. The summed E-state index contributed by atoms with van der Waals surface area (Å²) in [6, 6.07) is 2.52. The molecule has 0 N–H and O–H groups in total. The van der Waals surface area contributed by atoms with Crippen molar-refractivity contribution in [3.05, 3.63) is 38.0 Å². The molecule has 0 amide bonds. The molecule has 0 aromatic carbocycles. The molecule has 0 saturated carbocycles. The molecule has 110 valence electrons. The quantitative estimate of drug-likeness (QED) is 0.548. The molecule has 4 nitrogen and oxygen atoms in total. The van der Waals surface area contributed by atoms with E-state index in [0.29, 0.717) is 0 Å². The van der Waals surface area contributed by atoms with Crippen LogP contribution in [0, 0.1) is 0 Å². The van der Waals surface area contributed by atoms with Crippen LogP contribution in [0.25, 0.3) is 0 Å².